The molecular formula is C10H16N4. The summed E-state index contributed by atoms with van der Waals surface area (Å²) in [5.74, 6) is 1.83. The molecule has 4 nitrogen and oxygen atoms in total. The number of anilines is 1. The quantitative estimate of drug-likeness (QED) is 0.740. The summed E-state index contributed by atoms with van der Waals surface area (Å²) >= 11 is 0. The number of aryl methyl sites for hydroxylation is 1. The van der Waals surface area contributed by atoms with Crippen LogP contribution >= 0.6 is 0 Å². The van der Waals surface area contributed by atoms with Crippen molar-refractivity contribution in [2.75, 3.05) is 18.9 Å². The average Bonchev–Trinajstić information content (AvgIpc) is 2.69. The number of hydrogen-bond acceptors (Lipinski definition) is 4. The number of hydrogen-bond donors (Lipinski definition) is 2. The molecule has 4 heteroatoms. The molecule has 1 fully saturated rings. The van der Waals surface area contributed by atoms with Crippen LogP contribution in [0.5, 0.6) is 0 Å². The minimum absolute atomic E-state index is 0.349. The highest BCUT2D eigenvalue weighted by Gasteiger charge is 2.19. The molecule has 0 unspecified atom stereocenters. The van der Waals surface area contributed by atoms with E-state index in [1.54, 1.807) is 0 Å². The van der Waals surface area contributed by atoms with Gasteiger partial charge in [0.15, 0.2) is 0 Å². The van der Waals surface area contributed by atoms with Crippen molar-refractivity contribution in [2.24, 2.45) is 0 Å². The van der Waals surface area contributed by atoms with Gasteiger partial charge in [0.1, 0.15) is 11.6 Å². The van der Waals surface area contributed by atoms with Gasteiger partial charge < -0.3 is 10.6 Å². The van der Waals surface area contributed by atoms with Crippen molar-refractivity contribution < 1.29 is 0 Å². The van der Waals surface area contributed by atoms with E-state index in [1.807, 2.05) is 20.0 Å². The molecule has 2 rings (SSSR count). The Balaban J connectivity index is 2.27. The third kappa shape index (κ3) is 1.85. The second-order valence-corrected chi connectivity index (χ2v) is 3.65. The lowest BCUT2D eigenvalue weighted by atomic mass is 10.2. The first-order valence-corrected chi connectivity index (χ1v) is 5.06. The molecule has 1 aliphatic rings. The van der Waals surface area contributed by atoms with Crippen LogP contribution in [0.2, 0.25) is 0 Å². The maximum Gasteiger partial charge on any atom is 0.147 e. The maximum absolute atomic E-state index is 4.45. The van der Waals surface area contributed by atoms with Crippen LogP contribution in [-0.2, 0) is 0 Å². The Bertz CT molecular complexity index is 318. The fourth-order valence-corrected chi connectivity index (χ4v) is 1.78. The van der Waals surface area contributed by atoms with Gasteiger partial charge in [-0.15, -0.1) is 0 Å². The molecule has 1 aromatic heterocycles. The molecule has 14 heavy (non-hydrogen) atoms. The van der Waals surface area contributed by atoms with Gasteiger partial charge in [-0.3, -0.25) is 0 Å². The summed E-state index contributed by atoms with van der Waals surface area (Å²) in [5.41, 5.74) is 1.02. The van der Waals surface area contributed by atoms with Gasteiger partial charge in [-0.2, -0.15) is 0 Å². The smallest absolute Gasteiger partial charge is 0.147 e. The van der Waals surface area contributed by atoms with Crippen molar-refractivity contribution in [2.45, 2.75) is 25.8 Å². The second kappa shape index (κ2) is 3.92. The molecule has 0 radical (unpaired) electrons. The summed E-state index contributed by atoms with van der Waals surface area (Å²) in [5, 5.41) is 6.45. The lowest BCUT2D eigenvalue weighted by Gasteiger charge is -2.10. The average molecular weight is 192 g/mol. The monoisotopic (exact) mass is 192 g/mol. The van der Waals surface area contributed by atoms with Gasteiger partial charge in [-0.1, -0.05) is 0 Å². The first-order valence-electron chi connectivity index (χ1n) is 5.06. The Morgan fingerprint density at radius 1 is 1.50 bits per heavy atom. The Morgan fingerprint density at radius 3 is 3.00 bits per heavy atom. The first-order chi connectivity index (χ1) is 6.79. The number of aromatic nitrogens is 2. The molecule has 76 valence electrons. The van der Waals surface area contributed by atoms with E-state index in [-0.39, 0.29) is 0 Å². The molecule has 0 aliphatic carbocycles. The van der Waals surface area contributed by atoms with E-state index in [9.17, 15) is 0 Å². The Hall–Kier alpha value is -1.16. The van der Waals surface area contributed by atoms with E-state index in [0.717, 1.165) is 30.3 Å². The molecule has 1 aliphatic heterocycles. The van der Waals surface area contributed by atoms with Gasteiger partial charge in [0.2, 0.25) is 0 Å². The summed E-state index contributed by atoms with van der Waals surface area (Å²) in [6.45, 7) is 3.08. The third-order valence-electron chi connectivity index (χ3n) is 2.50. The van der Waals surface area contributed by atoms with Gasteiger partial charge in [-0.05, 0) is 26.3 Å². The molecule has 1 atom stereocenters. The van der Waals surface area contributed by atoms with Crippen molar-refractivity contribution in [3.05, 3.63) is 17.6 Å². The van der Waals surface area contributed by atoms with Crippen molar-refractivity contribution in [1.82, 2.24) is 15.3 Å². The molecular weight excluding hydrogens is 176 g/mol. The number of nitrogens with zero attached hydrogens (tertiary/aromatic N) is 2. The van der Waals surface area contributed by atoms with Crippen LogP contribution in [0.4, 0.5) is 5.82 Å². The standard InChI is InChI=1S/C10H16N4/c1-7-6-9(11-2)14-10(13-7)8-4-3-5-12-8/h6,8,12H,3-5H2,1-2H3,(H,11,13,14)/t8-/m0/s1. The van der Waals surface area contributed by atoms with Crippen LogP contribution in [0.25, 0.3) is 0 Å². The molecule has 0 aromatic carbocycles. The third-order valence-corrected chi connectivity index (χ3v) is 2.50. The fourth-order valence-electron chi connectivity index (χ4n) is 1.78. The number of nitrogens with one attached hydrogen (secondary N) is 2. The van der Waals surface area contributed by atoms with E-state index < -0.39 is 0 Å². The molecule has 2 N–H and O–H groups in total. The topological polar surface area (TPSA) is 49.8 Å². The van der Waals surface area contributed by atoms with E-state index >= 15 is 0 Å². The highest BCUT2D eigenvalue weighted by molar-refractivity contribution is 5.35. The lowest BCUT2D eigenvalue weighted by Crippen LogP contribution is -2.16. The Labute approximate surface area is 84.2 Å². The van der Waals surface area contributed by atoms with Crippen molar-refractivity contribution in [1.29, 1.82) is 0 Å². The normalized spacial score (nSPS) is 21.1. The van der Waals surface area contributed by atoms with Crippen molar-refractivity contribution in [3.63, 3.8) is 0 Å². The van der Waals surface area contributed by atoms with E-state index in [0.29, 0.717) is 6.04 Å². The maximum atomic E-state index is 4.45. The van der Waals surface area contributed by atoms with Crippen LogP contribution in [0.1, 0.15) is 30.4 Å². The molecule has 0 saturated carbocycles. The zero-order valence-electron chi connectivity index (χ0n) is 8.67. The van der Waals surface area contributed by atoms with Crippen LogP contribution < -0.4 is 10.6 Å². The predicted molar refractivity (Wildman–Crippen MR) is 56.3 cm³/mol. The number of rotatable bonds is 2. The predicted octanol–water partition coefficient (Wildman–Crippen LogP) is 1.25. The molecule has 2 heterocycles. The minimum atomic E-state index is 0.349. The van der Waals surface area contributed by atoms with Crippen LogP contribution in [-0.4, -0.2) is 23.6 Å². The summed E-state index contributed by atoms with van der Waals surface area (Å²) in [4.78, 5) is 8.90. The van der Waals surface area contributed by atoms with Crippen LogP contribution in [0.3, 0.4) is 0 Å². The summed E-state index contributed by atoms with van der Waals surface area (Å²) in [6, 6.07) is 2.31. The highest BCUT2D eigenvalue weighted by Crippen LogP contribution is 2.21. The van der Waals surface area contributed by atoms with Crippen LogP contribution in [0.15, 0.2) is 6.07 Å². The molecule has 1 aromatic rings. The fraction of sp³-hybridized carbons (Fsp3) is 0.600. The van der Waals surface area contributed by atoms with E-state index in [2.05, 4.69) is 20.6 Å². The zero-order valence-corrected chi connectivity index (χ0v) is 8.67. The molecule has 0 spiro atoms. The molecule has 0 bridgehead atoms. The van der Waals surface area contributed by atoms with Crippen LogP contribution in [0, 0.1) is 6.92 Å². The Morgan fingerprint density at radius 2 is 2.36 bits per heavy atom. The van der Waals surface area contributed by atoms with Crippen molar-refractivity contribution in [3.8, 4) is 0 Å². The van der Waals surface area contributed by atoms with Gasteiger partial charge in [0.05, 0.1) is 6.04 Å². The largest absolute Gasteiger partial charge is 0.373 e. The van der Waals surface area contributed by atoms with E-state index in [4.69, 9.17) is 0 Å². The molecule has 0 amide bonds. The van der Waals surface area contributed by atoms with Gasteiger partial charge in [0.25, 0.3) is 0 Å². The first kappa shape index (κ1) is 9.40. The van der Waals surface area contributed by atoms with Crippen molar-refractivity contribution >= 4 is 5.82 Å². The highest BCUT2D eigenvalue weighted by atomic mass is 15.1. The SMILES string of the molecule is CNc1cc(C)nc([C@@H]2CCCN2)n1. The summed E-state index contributed by atoms with van der Waals surface area (Å²) in [7, 11) is 1.88. The van der Waals surface area contributed by atoms with Gasteiger partial charge in [0, 0.05) is 18.8 Å². The Kier molecular flexibility index (Phi) is 2.63. The second-order valence-electron chi connectivity index (χ2n) is 3.65. The zero-order chi connectivity index (χ0) is 9.97. The summed E-state index contributed by atoms with van der Waals surface area (Å²) in [6.07, 6.45) is 2.36. The summed E-state index contributed by atoms with van der Waals surface area (Å²) < 4.78 is 0. The molecule has 1 saturated heterocycles. The minimum Gasteiger partial charge on any atom is -0.373 e. The van der Waals surface area contributed by atoms with E-state index in [1.165, 1.54) is 6.42 Å². The van der Waals surface area contributed by atoms with Gasteiger partial charge >= 0.3 is 0 Å². The lowest BCUT2D eigenvalue weighted by molar-refractivity contribution is 0.603. The van der Waals surface area contributed by atoms with Gasteiger partial charge in [-0.25, -0.2) is 9.97 Å².